The first kappa shape index (κ1) is 25.2. The van der Waals surface area contributed by atoms with E-state index in [4.69, 9.17) is 11.5 Å². The van der Waals surface area contributed by atoms with Crippen molar-refractivity contribution < 1.29 is 22.4 Å². The lowest BCUT2D eigenvalue weighted by Crippen LogP contribution is -2.37. The standard InChI is InChI=1S/C22H27F4N7OS/c1-31-17(18(28)35-21(31)14-9-13(23)3-4-15(14)22(24,25)26)19(34)30-16-11-29-32(2)20(16)33-7-5-12(10-27)6-8-33/h3-4,9,11-12,21H,5-8,10,27-28H2,1-2H3,(H,30,34). The number of benzene rings is 1. The van der Waals surface area contributed by atoms with Gasteiger partial charge in [-0.05, 0) is 43.5 Å². The third-order valence-electron chi connectivity index (χ3n) is 6.38. The zero-order valence-electron chi connectivity index (χ0n) is 19.3. The largest absolute Gasteiger partial charge is 0.416 e. The first-order valence-corrected chi connectivity index (χ1v) is 11.9. The molecule has 1 aromatic heterocycles. The SMILES string of the molecule is CN1C(C(=O)Nc2cnn(C)c2N2CCC(CN)CC2)=C(N)SC1c1cc(F)ccc1C(F)(F)F. The second kappa shape index (κ2) is 9.61. The number of hydrogen-bond acceptors (Lipinski definition) is 7. The highest BCUT2D eigenvalue weighted by molar-refractivity contribution is 8.03. The highest BCUT2D eigenvalue weighted by atomic mass is 32.2. The summed E-state index contributed by atoms with van der Waals surface area (Å²) in [5.74, 6) is -0.219. The molecule has 190 valence electrons. The van der Waals surface area contributed by atoms with Crippen LogP contribution in [0.3, 0.4) is 0 Å². The van der Waals surface area contributed by atoms with E-state index in [1.807, 2.05) is 0 Å². The van der Waals surface area contributed by atoms with Crippen molar-refractivity contribution in [2.75, 3.05) is 36.9 Å². The molecule has 1 atom stereocenters. The molecule has 0 aliphatic carbocycles. The monoisotopic (exact) mass is 513 g/mol. The van der Waals surface area contributed by atoms with Crippen LogP contribution >= 0.6 is 11.8 Å². The van der Waals surface area contributed by atoms with Gasteiger partial charge in [-0.2, -0.15) is 18.3 Å². The molecule has 1 fully saturated rings. The number of alkyl halides is 3. The highest BCUT2D eigenvalue weighted by Gasteiger charge is 2.41. The third-order valence-corrected chi connectivity index (χ3v) is 7.62. The molecule has 2 aromatic rings. The lowest BCUT2D eigenvalue weighted by molar-refractivity contribution is -0.138. The van der Waals surface area contributed by atoms with Crippen LogP contribution in [0.1, 0.15) is 29.3 Å². The van der Waals surface area contributed by atoms with Crippen molar-refractivity contribution >= 4 is 29.2 Å². The molecule has 35 heavy (non-hydrogen) atoms. The Kier molecular flexibility index (Phi) is 6.91. The minimum Gasteiger partial charge on any atom is -0.392 e. The maximum absolute atomic E-state index is 13.9. The summed E-state index contributed by atoms with van der Waals surface area (Å²) in [6.45, 7) is 2.14. The Balaban J connectivity index is 1.56. The number of rotatable bonds is 5. The van der Waals surface area contributed by atoms with Crippen LogP contribution in [0.2, 0.25) is 0 Å². The van der Waals surface area contributed by atoms with Crippen LogP contribution in [0, 0.1) is 11.7 Å². The number of halogens is 4. The van der Waals surface area contributed by atoms with E-state index >= 15 is 0 Å². The zero-order valence-corrected chi connectivity index (χ0v) is 20.1. The van der Waals surface area contributed by atoms with Crippen molar-refractivity contribution in [3.8, 4) is 0 Å². The van der Waals surface area contributed by atoms with Crippen LogP contribution in [0.4, 0.5) is 29.1 Å². The molecule has 1 unspecified atom stereocenters. The molecule has 1 amide bonds. The van der Waals surface area contributed by atoms with Gasteiger partial charge in [-0.3, -0.25) is 9.48 Å². The lowest BCUT2D eigenvalue weighted by atomic mass is 9.97. The molecule has 4 rings (SSSR count). The van der Waals surface area contributed by atoms with Crippen LogP contribution in [0.25, 0.3) is 0 Å². The highest BCUT2D eigenvalue weighted by Crippen LogP contribution is 2.48. The molecule has 0 radical (unpaired) electrons. The fourth-order valence-electron chi connectivity index (χ4n) is 4.54. The predicted molar refractivity (Wildman–Crippen MR) is 127 cm³/mol. The van der Waals surface area contributed by atoms with Gasteiger partial charge in [0.15, 0.2) is 5.82 Å². The van der Waals surface area contributed by atoms with Gasteiger partial charge in [0.2, 0.25) is 0 Å². The Morgan fingerprint density at radius 1 is 1.26 bits per heavy atom. The van der Waals surface area contributed by atoms with E-state index in [9.17, 15) is 22.4 Å². The lowest BCUT2D eigenvalue weighted by Gasteiger charge is -2.33. The average molecular weight is 514 g/mol. The summed E-state index contributed by atoms with van der Waals surface area (Å²) in [7, 11) is 3.23. The minimum absolute atomic E-state index is 0.00836. The van der Waals surface area contributed by atoms with Gasteiger partial charge in [0.05, 0.1) is 16.8 Å². The summed E-state index contributed by atoms with van der Waals surface area (Å²) in [6, 6.07) is 2.29. The molecule has 1 saturated heterocycles. The Labute approximate surface area is 204 Å². The topological polar surface area (TPSA) is 105 Å². The van der Waals surface area contributed by atoms with E-state index in [-0.39, 0.29) is 16.3 Å². The van der Waals surface area contributed by atoms with Crippen molar-refractivity contribution in [2.45, 2.75) is 24.4 Å². The molecular formula is C22H27F4N7OS. The number of piperidine rings is 1. The number of carbonyl (C=O) groups excluding carboxylic acids is 1. The van der Waals surface area contributed by atoms with E-state index in [1.165, 1.54) is 18.1 Å². The number of likely N-dealkylation sites (N-methyl/N-ethyl adjacent to an activating group) is 1. The summed E-state index contributed by atoms with van der Waals surface area (Å²) in [5, 5.41) is 6.09. The van der Waals surface area contributed by atoms with Crippen molar-refractivity contribution in [3.63, 3.8) is 0 Å². The number of hydrogen-bond donors (Lipinski definition) is 3. The van der Waals surface area contributed by atoms with Crippen molar-refractivity contribution in [1.82, 2.24) is 14.7 Å². The molecule has 0 bridgehead atoms. The molecule has 2 aliphatic rings. The van der Waals surface area contributed by atoms with Crippen LogP contribution in [-0.2, 0) is 18.0 Å². The smallest absolute Gasteiger partial charge is 0.392 e. The first-order valence-electron chi connectivity index (χ1n) is 11.1. The van der Waals surface area contributed by atoms with Gasteiger partial charge in [0, 0.05) is 32.7 Å². The van der Waals surface area contributed by atoms with Gasteiger partial charge in [-0.15, -0.1) is 0 Å². The maximum atomic E-state index is 13.9. The van der Waals surface area contributed by atoms with Crippen molar-refractivity contribution in [2.24, 2.45) is 24.4 Å². The second-order valence-corrected chi connectivity index (χ2v) is 9.77. The summed E-state index contributed by atoms with van der Waals surface area (Å²) in [5.41, 5.74) is 11.1. The average Bonchev–Trinajstić information content (AvgIpc) is 3.31. The molecular weight excluding hydrogens is 486 g/mol. The van der Waals surface area contributed by atoms with Gasteiger partial charge >= 0.3 is 6.18 Å². The third kappa shape index (κ3) is 4.92. The molecule has 13 heteroatoms. The number of nitrogens with one attached hydrogen (secondary N) is 1. The van der Waals surface area contributed by atoms with Gasteiger partial charge in [-0.25, -0.2) is 4.39 Å². The van der Waals surface area contributed by atoms with Crippen molar-refractivity contribution in [1.29, 1.82) is 0 Å². The summed E-state index contributed by atoms with van der Waals surface area (Å²) in [4.78, 5) is 16.7. The van der Waals surface area contributed by atoms with Crippen molar-refractivity contribution in [3.05, 3.63) is 52.1 Å². The molecule has 2 aliphatic heterocycles. The minimum atomic E-state index is -4.69. The molecule has 0 saturated carbocycles. The Morgan fingerprint density at radius 3 is 2.57 bits per heavy atom. The van der Waals surface area contributed by atoms with Crippen LogP contribution in [-0.4, -0.2) is 47.3 Å². The number of aryl methyl sites for hydroxylation is 1. The van der Waals surface area contributed by atoms with Crippen LogP contribution in [0.5, 0.6) is 0 Å². The summed E-state index contributed by atoms with van der Waals surface area (Å²) >= 11 is 0.866. The Morgan fingerprint density at radius 2 is 1.94 bits per heavy atom. The van der Waals surface area contributed by atoms with Crippen LogP contribution in [0.15, 0.2) is 35.1 Å². The zero-order chi connectivity index (χ0) is 25.5. The number of nitrogens with two attached hydrogens (primary N) is 2. The normalized spacial score (nSPS) is 19.6. The number of amides is 1. The maximum Gasteiger partial charge on any atom is 0.416 e. The molecule has 8 nitrogen and oxygen atoms in total. The van der Waals surface area contributed by atoms with E-state index in [1.54, 1.807) is 11.7 Å². The fourth-order valence-corrected chi connectivity index (χ4v) is 5.72. The van der Waals surface area contributed by atoms with E-state index < -0.39 is 28.8 Å². The second-order valence-electron chi connectivity index (χ2n) is 8.65. The van der Waals surface area contributed by atoms with Crippen LogP contribution < -0.4 is 21.7 Å². The van der Waals surface area contributed by atoms with E-state index in [0.29, 0.717) is 24.2 Å². The Bertz CT molecular complexity index is 1140. The van der Waals surface area contributed by atoms with E-state index in [2.05, 4.69) is 15.3 Å². The molecule has 3 heterocycles. The van der Waals surface area contributed by atoms with Gasteiger partial charge in [-0.1, -0.05) is 11.8 Å². The number of aromatic nitrogens is 2. The summed E-state index contributed by atoms with van der Waals surface area (Å²) in [6.07, 6.45) is -1.33. The molecule has 0 spiro atoms. The number of carbonyl (C=O) groups is 1. The Hall–Kier alpha value is -2.93. The predicted octanol–water partition coefficient (Wildman–Crippen LogP) is 3.20. The molecule has 1 aromatic carbocycles. The number of anilines is 2. The fraction of sp³-hybridized carbons (Fsp3) is 0.455. The quantitative estimate of drug-likeness (QED) is 0.528. The summed E-state index contributed by atoms with van der Waals surface area (Å²) < 4.78 is 56.3. The number of thioether (sulfide) groups is 1. The van der Waals surface area contributed by atoms with Gasteiger partial charge in [0.1, 0.15) is 22.6 Å². The van der Waals surface area contributed by atoms with E-state index in [0.717, 1.165) is 55.6 Å². The number of nitrogens with zero attached hydrogens (tertiary/aromatic N) is 4. The van der Waals surface area contributed by atoms with Gasteiger partial charge in [0.25, 0.3) is 5.91 Å². The molecule has 5 N–H and O–H groups in total. The first-order chi connectivity index (χ1) is 16.5. The van der Waals surface area contributed by atoms with Gasteiger partial charge < -0.3 is 26.6 Å².